The molecule has 38 heavy (non-hydrogen) atoms. The summed E-state index contributed by atoms with van der Waals surface area (Å²) >= 11 is 0. The quantitative estimate of drug-likeness (QED) is 0.246. The number of imide groups is 1. The molecule has 2 saturated heterocycles. The Morgan fingerprint density at radius 2 is 1.58 bits per heavy atom. The van der Waals surface area contributed by atoms with Gasteiger partial charge in [-0.15, -0.1) is 0 Å². The van der Waals surface area contributed by atoms with Crippen LogP contribution in [-0.4, -0.2) is 43.7 Å². The summed E-state index contributed by atoms with van der Waals surface area (Å²) < 4.78 is 16.1. The van der Waals surface area contributed by atoms with Crippen LogP contribution in [0.2, 0.25) is 0 Å². The summed E-state index contributed by atoms with van der Waals surface area (Å²) in [6, 6.07) is 17.1. The van der Waals surface area contributed by atoms with Gasteiger partial charge in [0.25, 0.3) is 11.6 Å². The molecule has 3 aromatic rings. The van der Waals surface area contributed by atoms with Crippen molar-refractivity contribution in [1.82, 2.24) is 0 Å². The molecule has 0 aliphatic carbocycles. The predicted molar refractivity (Wildman–Crippen MR) is 136 cm³/mol. The van der Waals surface area contributed by atoms with Crippen molar-refractivity contribution < 1.29 is 33.6 Å². The lowest BCUT2D eigenvalue weighted by Gasteiger charge is -2.29. The van der Waals surface area contributed by atoms with Gasteiger partial charge in [-0.1, -0.05) is 18.2 Å². The van der Waals surface area contributed by atoms with Crippen LogP contribution in [-0.2, 0) is 14.4 Å². The number of hydrogen-bond acceptors (Lipinski definition) is 9. The smallest absolute Gasteiger partial charge is 0.278 e. The van der Waals surface area contributed by atoms with Crippen molar-refractivity contribution in [3.05, 3.63) is 82.4 Å². The molecule has 3 atom stereocenters. The maximum Gasteiger partial charge on any atom is 0.278 e. The third-order valence-electron chi connectivity index (χ3n) is 6.58. The molecule has 0 spiro atoms. The first-order chi connectivity index (χ1) is 18.4. The number of nitro benzene ring substituents is 1. The van der Waals surface area contributed by atoms with Crippen LogP contribution in [0.5, 0.6) is 17.2 Å². The number of amides is 2. The second-order valence-electron chi connectivity index (χ2n) is 8.62. The van der Waals surface area contributed by atoms with Gasteiger partial charge in [0.15, 0.2) is 17.6 Å². The summed E-state index contributed by atoms with van der Waals surface area (Å²) in [5.74, 6) is -1.15. The van der Waals surface area contributed by atoms with Crippen molar-refractivity contribution in [1.29, 1.82) is 0 Å². The van der Waals surface area contributed by atoms with E-state index >= 15 is 0 Å². The van der Waals surface area contributed by atoms with E-state index < -0.39 is 34.8 Å². The van der Waals surface area contributed by atoms with Gasteiger partial charge in [-0.3, -0.25) is 24.5 Å². The van der Waals surface area contributed by atoms with Crippen LogP contribution in [0.3, 0.4) is 0 Å². The van der Waals surface area contributed by atoms with E-state index in [0.29, 0.717) is 23.7 Å². The fraction of sp³-hybridized carbons (Fsp3) is 0.259. The number of methoxy groups -OCH3 is 2. The van der Waals surface area contributed by atoms with Crippen molar-refractivity contribution in [2.24, 2.45) is 5.92 Å². The van der Waals surface area contributed by atoms with Gasteiger partial charge < -0.3 is 14.2 Å². The molecule has 2 fully saturated rings. The van der Waals surface area contributed by atoms with Crippen molar-refractivity contribution in [3.8, 4) is 17.2 Å². The molecule has 0 N–H and O–H groups in total. The van der Waals surface area contributed by atoms with E-state index in [1.807, 2.05) is 6.92 Å². The van der Waals surface area contributed by atoms with Gasteiger partial charge in [0.1, 0.15) is 17.7 Å². The fourth-order valence-electron chi connectivity index (χ4n) is 4.92. The molecule has 0 unspecified atom stereocenters. The molecular weight excluding hydrogens is 494 g/mol. The highest BCUT2D eigenvalue weighted by Gasteiger charge is 2.61. The van der Waals surface area contributed by atoms with Crippen LogP contribution in [0.15, 0.2) is 66.7 Å². The topological polar surface area (TPSA) is 121 Å². The first-order valence-corrected chi connectivity index (χ1v) is 11.9. The fourth-order valence-corrected chi connectivity index (χ4v) is 4.92. The molecular formula is C27H25N3O8. The molecule has 0 aromatic heterocycles. The Hall–Kier alpha value is -4.64. The van der Waals surface area contributed by atoms with Gasteiger partial charge in [-0.25, -0.2) is 9.96 Å². The number of hydroxylamine groups is 1. The number of nitrogens with zero attached hydrogens (tertiary/aromatic N) is 3. The summed E-state index contributed by atoms with van der Waals surface area (Å²) in [5.41, 5.74) is 0.744. The Morgan fingerprint density at radius 1 is 0.921 bits per heavy atom. The highest BCUT2D eigenvalue weighted by atomic mass is 16.7. The van der Waals surface area contributed by atoms with E-state index in [0.717, 1.165) is 4.90 Å². The van der Waals surface area contributed by atoms with E-state index in [-0.39, 0.29) is 22.7 Å². The lowest BCUT2D eigenvalue weighted by atomic mass is 9.89. The van der Waals surface area contributed by atoms with Crippen LogP contribution in [0.1, 0.15) is 18.5 Å². The Kier molecular flexibility index (Phi) is 6.60. The summed E-state index contributed by atoms with van der Waals surface area (Å²) in [5, 5.41) is 13.6. The van der Waals surface area contributed by atoms with Crippen molar-refractivity contribution in [3.63, 3.8) is 0 Å². The molecule has 3 aromatic carbocycles. The second kappa shape index (κ2) is 10.0. The number of hydrogen-bond donors (Lipinski definition) is 0. The van der Waals surface area contributed by atoms with Crippen LogP contribution in [0.4, 0.5) is 17.1 Å². The predicted octanol–water partition coefficient (Wildman–Crippen LogP) is 4.06. The Labute approximate surface area is 218 Å². The average molecular weight is 520 g/mol. The minimum atomic E-state index is -1.19. The lowest BCUT2D eigenvalue weighted by Crippen LogP contribution is -2.37. The summed E-state index contributed by atoms with van der Waals surface area (Å²) in [7, 11) is 2.79. The van der Waals surface area contributed by atoms with Crippen LogP contribution >= 0.6 is 0 Å². The molecule has 11 heteroatoms. The third kappa shape index (κ3) is 4.06. The van der Waals surface area contributed by atoms with Crippen molar-refractivity contribution in [2.75, 3.05) is 30.8 Å². The molecule has 196 valence electrons. The lowest BCUT2D eigenvalue weighted by molar-refractivity contribution is -0.385. The molecule has 2 aliphatic rings. The van der Waals surface area contributed by atoms with E-state index in [2.05, 4.69) is 0 Å². The van der Waals surface area contributed by atoms with Crippen molar-refractivity contribution >= 4 is 28.9 Å². The largest absolute Gasteiger partial charge is 0.494 e. The number of fused-ring (bicyclic) bond motifs is 1. The average Bonchev–Trinajstić information content (AvgIpc) is 3.44. The number of rotatable bonds is 8. The highest BCUT2D eigenvalue weighted by Crippen LogP contribution is 2.51. The summed E-state index contributed by atoms with van der Waals surface area (Å²) in [6.45, 7) is 2.33. The normalized spacial score (nSPS) is 20.4. The van der Waals surface area contributed by atoms with E-state index in [4.69, 9.17) is 19.0 Å². The van der Waals surface area contributed by atoms with E-state index in [1.54, 1.807) is 54.6 Å². The summed E-state index contributed by atoms with van der Waals surface area (Å²) in [4.78, 5) is 46.2. The number of para-hydroxylation sites is 1. The molecule has 0 saturated carbocycles. The number of anilines is 2. The molecule has 11 nitrogen and oxygen atoms in total. The van der Waals surface area contributed by atoms with Gasteiger partial charge in [0.05, 0.1) is 48.8 Å². The Balaban J connectivity index is 1.63. The minimum Gasteiger partial charge on any atom is -0.494 e. The zero-order valence-electron chi connectivity index (χ0n) is 20.9. The second-order valence-corrected chi connectivity index (χ2v) is 8.62. The molecule has 5 rings (SSSR count). The number of carbonyl (C=O) groups excluding carboxylic acids is 2. The number of ether oxygens (including phenoxy) is 3. The van der Waals surface area contributed by atoms with Gasteiger partial charge in [-0.2, -0.15) is 0 Å². The van der Waals surface area contributed by atoms with Crippen molar-refractivity contribution in [2.45, 2.75) is 19.1 Å². The van der Waals surface area contributed by atoms with E-state index in [9.17, 15) is 19.7 Å². The molecule has 0 bridgehead atoms. The highest BCUT2D eigenvalue weighted by molar-refractivity contribution is 6.24. The maximum atomic E-state index is 13.9. The number of benzene rings is 3. The standard InChI is InChI=1S/C27H25N3O8/c1-4-37-18-12-10-16(11-13-18)28-26(31)23-24(19-14-21(35-2)22(36-3)15-20(19)30(33)34)29(38-25(23)27(28)32)17-8-6-5-7-9-17/h5-15,23-25H,4H2,1-3H3/t23-,24+,25-/m0/s1. The molecule has 2 amide bonds. The zero-order chi connectivity index (χ0) is 27.0. The maximum absolute atomic E-state index is 13.9. The first-order valence-electron chi connectivity index (χ1n) is 11.9. The minimum absolute atomic E-state index is 0.152. The molecule has 2 aliphatic heterocycles. The van der Waals surface area contributed by atoms with Crippen LogP contribution in [0, 0.1) is 16.0 Å². The summed E-state index contributed by atoms with van der Waals surface area (Å²) in [6.07, 6.45) is -1.19. The van der Waals surface area contributed by atoms with E-state index in [1.165, 1.54) is 31.4 Å². The molecule has 0 radical (unpaired) electrons. The van der Waals surface area contributed by atoms with Gasteiger partial charge >= 0.3 is 0 Å². The van der Waals surface area contributed by atoms with Crippen LogP contribution < -0.4 is 24.2 Å². The SMILES string of the molecule is CCOc1ccc(N2C(=O)[C@@H]3[C@H](ON(c4ccccc4)[C@@H]3c3cc(OC)c(OC)cc3[N+](=O)[O-])C2=O)cc1. The first kappa shape index (κ1) is 25.0. The van der Waals surface area contributed by atoms with Gasteiger partial charge in [-0.05, 0) is 49.4 Å². The molecule has 2 heterocycles. The number of carbonyl (C=O) groups is 2. The van der Waals surface area contributed by atoms with Gasteiger partial charge in [0, 0.05) is 0 Å². The monoisotopic (exact) mass is 519 g/mol. The van der Waals surface area contributed by atoms with Gasteiger partial charge in [0.2, 0.25) is 5.91 Å². The number of nitro groups is 1. The third-order valence-corrected chi connectivity index (χ3v) is 6.58. The zero-order valence-corrected chi connectivity index (χ0v) is 20.9. The van der Waals surface area contributed by atoms with Crippen LogP contribution in [0.25, 0.3) is 0 Å². The Morgan fingerprint density at radius 3 is 2.18 bits per heavy atom. The Bertz CT molecular complexity index is 1380.